The van der Waals surface area contributed by atoms with E-state index in [0.717, 1.165) is 12.1 Å². The quantitative estimate of drug-likeness (QED) is 0.907. The molecule has 6 nitrogen and oxygen atoms in total. The Morgan fingerprint density at radius 2 is 1.86 bits per heavy atom. The van der Waals surface area contributed by atoms with E-state index in [2.05, 4.69) is 5.32 Å². The van der Waals surface area contributed by atoms with Crippen molar-refractivity contribution in [3.05, 3.63) is 30.1 Å². The molecule has 1 heterocycles. The van der Waals surface area contributed by atoms with Gasteiger partial charge in [0.05, 0.1) is 4.90 Å². The van der Waals surface area contributed by atoms with Gasteiger partial charge in [0.15, 0.2) is 0 Å². The minimum Gasteiger partial charge on any atom is -0.338 e. The standard InChI is InChI=1S/C14H20FN3O3S/c1-2-16-14(19)17-8-3-9-18(11-10-17)22(20,21)13-6-4-12(15)5-7-13/h4-7H,2-3,8-11H2,1H3,(H,16,19). The molecule has 1 aromatic carbocycles. The number of hydrogen-bond donors (Lipinski definition) is 1. The average Bonchev–Trinajstić information content (AvgIpc) is 2.74. The van der Waals surface area contributed by atoms with Crippen LogP contribution in [0.4, 0.5) is 9.18 Å². The predicted octanol–water partition coefficient (Wildman–Crippen LogP) is 1.25. The summed E-state index contributed by atoms with van der Waals surface area (Å²) in [6.07, 6.45) is 0.567. The van der Waals surface area contributed by atoms with Crippen molar-refractivity contribution >= 4 is 16.1 Å². The Bertz CT molecular complexity index is 619. The first kappa shape index (κ1) is 16.7. The van der Waals surface area contributed by atoms with Crippen molar-refractivity contribution in [1.29, 1.82) is 0 Å². The highest BCUT2D eigenvalue weighted by molar-refractivity contribution is 7.89. The van der Waals surface area contributed by atoms with Crippen molar-refractivity contribution in [1.82, 2.24) is 14.5 Å². The van der Waals surface area contributed by atoms with Gasteiger partial charge in [0.1, 0.15) is 5.82 Å². The number of amides is 2. The van der Waals surface area contributed by atoms with E-state index >= 15 is 0 Å². The Kier molecular flexibility index (Phi) is 5.36. The Balaban J connectivity index is 2.10. The largest absolute Gasteiger partial charge is 0.338 e. The van der Waals surface area contributed by atoms with Gasteiger partial charge in [-0.25, -0.2) is 17.6 Å². The smallest absolute Gasteiger partial charge is 0.317 e. The zero-order valence-corrected chi connectivity index (χ0v) is 13.3. The van der Waals surface area contributed by atoms with Gasteiger partial charge in [-0.3, -0.25) is 0 Å². The molecule has 0 bridgehead atoms. The third-order valence-electron chi connectivity index (χ3n) is 3.52. The Labute approximate surface area is 130 Å². The highest BCUT2D eigenvalue weighted by atomic mass is 32.2. The lowest BCUT2D eigenvalue weighted by Crippen LogP contribution is -2.42. The van der Waals surface area contributed by atoms with Crippen molar-refractivity contribution in [3.63, 3.8) is 0 Å². The molecule has 1 aromatic rings. The van der Waals surface area contributed by atoms with Gasteiger partial charge in [0, 0.05) is 32.7 Å². The van der Waals surface area contributed by atoms with E-state index in [1.165, 1.54) is 16.4 Å². The minimum atomic E-state index is -3.66. The van der Waals surface area contributed by atoms with Crippen molar-refractivity contribution in [2.24, 2.45) is 0 Å². The van der Waals surface area contributed by atoms with Crippen LogP contribution in [0, 0.1) is 5.82 Å². The number of rotatable bonds is 3. The molecule has 0 radical (unpaired) electrons. The number of sulfonamides is 1. The number of urea groups is 1. The number of nitrogens with zero attached hydrogens (tertiary/aromatic N) is 2. The van der Waals surface area contributed by atoms with Crippen molar-refractivity contribution in [2.75, 3.05) is 32.7 Å². The van der Waals surface area contributed by atoms with Crippen LogP contribution in [0.1, 0.15) is 13.3 Å². The van der Waals surface area contributed by atoms with E-state index in [-0.39, 0.29) is 17.5 Å². The highest BCUT2D eigenvalue weighted by Gasteiger charge is 2.28. The van der Waals surface area contributed by atoms with Crippen molar-refractivity contribution < 1.29 is 17.6 Å². The number of carbonyl (C=O) groups excluding carboxylic acids is 1. The molecule has 22 heavy (non-hydrogen) atoms. The third kappa shape index (κ3) is 3.75. The zero-order valence-electron chi connectivity index (χ0n) is 12.5. The fourth-order valence-electron chi connectivity index (χ4n) is 2.36. The molecule has 2 rings (SSSR count). The van der Waals surface area contributed by atoms with Gasteiger partial charge >= 0.3 is 6.03 Å². The zero-order chi connectivity index (χ0) is 16.2. The molecule has 2 amide bonds. The minimum absolute atomic E-state index is 0.0698. The molecule has 0 saturated carbocycles. The molecule has 1 saturated heterocycles. The lowest BCUT2D eigenvalue weighted by Gasteiger charge is -2.22. The van der Waals surface area contributed by atoms with Gasteiger partial charge in [-0.05, 0) is 37.6 Å². The van der Waals surface area contributed by atoms with Crippen LogP contribution in [0.5, 0.6) is 0 Å². The fraction of sp³-hybridized carbons (Fsp3) is 0.500. The predicted molar refractivity (Wildman–Crippen MR) is 80.4 cm³/mol. The number of halogens is 1. The summed E-state index contributed by atoms with van der Waals surface area (Å²) in [6, 6.07) is 4.61. The lowest BCUT2D eigenvalue weighted by molar-refractivity contribution is 0.201. The van der Waals surface area contributed by atoms with E-state index in [9.17, 15) is 17.6 Å². The lowest BCUT2D eigenvalue weighted by atomic mass is 10.4. The van der Waals surface area contributed by atoms with Crippen LogP contribution in [0.15, 0.2) is 29.2 Å². The van der Waals surface area contributed by atoms with E-state index < -0.39 is 15.8 Å². The van der Waals surface area contributed by atoms with Crippen LogP contribution in [-0.4, -0.2) is 56.4 Å². The summed E-state index contributed by atoms with van der Waals surface area (Å²) in [4.78, 5) is 13.5. The number of benzene rings is 1. The second-order valence-corrected chi connectivity index (χ2v) is 6.97. The summed E-state index contributed by atoms with van der Waals surface area (Å²) >= 11 is 0. The molecule has 0 spiro atoms. The highest BCUT2D eigenvalue weighted by Crippen LogP contribution is 2.18. The van der Waals surface area contributed by atoms with Crippen molar-refractivity contribution in [2.45, 2.75) is 18.2 Å². The first-order chi connectivity index (χ1) is 10.4. The Morgan fingerprint density at radius 3 is 2.50 bits per heavy atom. The molecule has 1 aliphatic rings. The number of carbonyl (C=O) groups is 1. The second kappa shape index (κ2) is 7.06. The van der Waals surface area contributed by atoms with Crippen LogP contribution < -0.4 is 5.32 Å². The van der Waals surface area contributed by atoms with E-state index in [1.54, 1.807) is 4.90 Å². The molecule has 8 heteroatoms. The SMILES string of the molecule is CCNC(=O)N1CCCN(S(=O)(=O)c2ccc(F)cc2)CC1. The summed E-state index contributed by atoms with van der Waals surface area (Å²) in [5.41, 5.74) is 0. The topological polar surface area (TPSA) is 69.7 Å². The van der Waals surface area contributed by atoms with E-state index in [4.69, 9.17) is 0 Å². The van der Waals surface area contributed by atoms with Crippen LogP contribution in [0.2, 0.25) is 0 Å². The normalized spacial score (nSPS) is 17.1. The summed E-state index contributed by atoms with van der Waals surface area (Å²) in [5.74, 6) is -0.475. The van der Waals surface area contributed by atoms with Crippen molar-refractivity contribution in [3.8, 4) is 0 Å². The summed E-state index contributed by atoms with van der Waals surface area (Å²) in [6.45, 7) is 3.80. The maximum atomic E-state index is 12.9. The number of hydrogen-bond acceptors (Lipinski definition) is 3. The molecule has 1 N–H and O–H groups in total. The summed E-state index contributed by atoms with van der Waals surface area (Å²) in [5, 5.41) is 2.71. The maximum absolute atomic E-state index is 12.9. The van der Waals surface area contributed by atoms with E-state index in [0.29, 0.717) is 32.6 Å². The summed E-state index contributed by atoms with van der Waals surface area (Å²) in [7, 11) is -3.66. The molecule has 0 atom stereocenters. The fourth-order valence-corrected chi connectivity index (χ4v) is 3.83. The third-order valence-corrected chi connectivity index (χ3v) is 5.43. The second-order valence-electron chi connectivity index (χ2n) is 5.03. The number of nitrogens with one attached hydrogen (secondary N) is 1. The van der Waals surface area contributed by atoms with Crippen LogP contribution in [0.25, 0.3) is 0 Å². The molecule has 1 fully saturated rings. The van der Waals surface area contributed by atoms with Crippen LogP contribution >= 0.6 is 0 Å². The summed E-state index contributed by atoms with van der Waals surface area (Å²) < 4.78 is 39.4. The van der Waals surface area contributed by atoms with Gasteiger partial charge in [-0.1, -0.05) is 0 Å². The van der Waals surface area contributed by atoms with Gasteiger partial charge < -0.3 is 10.2 Å². The Morgan fingerprint density at radius 1 is 1.18 bits per heavy atom. The average molecular weight is 329 g/mol. The molecular weight excluding hydrogens is 309 g/mol. The van der Waals surface area contributed by atoms with Crippen LogP contribution in [-0.2, 0) is 10.0 Å². The first-order valence-electron chi connectivity index (χ1n) is 7.23. The van der Waals surface area contributed by atoms with Gasteiger partial charge in [0.2, 0.25) is 10.0 Å². The van der Waals surface area contributed by atoms with Gasteiger partial charge in [-0.2, -0.15) is 4.31 Å². The Hall–Kier alpha value is -1.67. The molecule has 0 unspecified atom stereocenters. The molecule has 122 valence electrons. The van der Waals surface area contributed by atoms with Crippen LogP contribution in [0.3, 0.4) is 0 Å². The molecule has 0 aliphatic carbocycles. The van der Waals surface area contributed by atoms with Gasteiger partial charge in [0.25, 0.3) is 0 Å². The maximum Gasteiger partial charge on any atom is 0.317 e. The monoisotopic (exact) mass is 329 g/mol. The van der Waals surface area contributed by atoms with E-state index in [1.807, 2.05) is 6.92 Å². The molecule has 1 aliphatic heterocycles. The first-order valence-corrected chi connectivity index (χ1v) is 8.67. The van der Waals surface area contributed by atoms with Gasteiger partial charge in [-0.15, -0.1) is 0 Å². The molecule has 0 aromatic heterocycles. The molecular formula is C14H20FN3O3S.